The molecular weight excluding hydrogens is 363 g/mol. The summed E-state index contributed by atoms with van der Waals surface area (Å²) in [6.45, 7) is 4.02. The molecule has 0 radical (unpaired) electrons. The summed E-state index contributed by atoms with van der Waals surface area (Å²) in [5.41, 5.74) is 0.920. The maximum absolute atomic E-state index is 11.9. The van der Waals surface area contributed by atoms with Crippen LogP contribution in [0, 0.1) is 10.5 Å². The van der Waals surface area contributed by atoms with E-state index in [2.05, 4.69) is 27.6 Å². The van der Waals surface area contributed by atoms with E-state index < -0.39 is 0 Å². The maximum Gasteiger partial charge on any atom is 0.229 e. The van der Waals surface area contributed by atoms with Gasteiger partial charge in [0.25, 0.3) is 0 Å². The van der Waals surface area contributed by atoms with Gasteiger partial charge < -0.3 is 0 Å². The largest absolute Gasteiger partial charge is 0.296 e. The number of carbonyl (C=O) groups excluding carboxylic acids is 2. The highest BCUT2D eigenvalue weighted by Gasteiger charge is 2.32. The van der Waals surface area contributed by atoms with Crippen LogP contribution >= 0.6 is 34.4 Å². The second kappa shape index (κ2) is 5.56. The number of carbonyl (C=O) groups is 2. The van der Waals surface area contributed by atoms with E-state index in [1.54, 1.807) is 4.90 Å². The lowest BCUT2D eigenvalue weighted by atomic mass is 10.3. The van der Waals surface area contributed by atoms with Crippen molar-refractivity contribution < 1.29 is 9.59 Å². The molecule has 2 rings (SSSR count). The summed E-state index contributed by atoms with van der Waals surface area (Å²) in [6.07, 6.45) is 0.414. The highest BCUT2D eigenvalue weighted by molar-refractivity contribution is 14.1. The first-order valence-electron chi connectivity index (χ1n) is 5.58. The van der Waals surface area contributed by atoms with Crippen LogP contribution in [0.1, 0.15) is 19.0 Å². The molecule has 0 bridgehead atoms. The Morgan fingerprint density at radius 1 is 1.56 bits per heavy atom. The van der Waals surface area contributed by atoms with Gasteiger partial charge in [0, 0.05) is 28.7 Å². The molecular formula is C12H13IN2O2S. The van der Waals surface area contributed by atoms with Gasteiger partial charge in [0.15, 0.2) is 5.12 Å². The van der Waals surface area contributed by atoms with Crippen LogP contribution in [0.2, 0.25) is 0 Å². The van der Waals surface area contributed by atoms with Gasteiger partial charge in [-0.15, -0.1) is 0 Å². The third kappa shape index (κ3) is 3.03. The van der Waals surface area contributed by atoms with Crippen molar-refractivity contribution in [2.45, 2.75) is 25.5 Å². The fourth-order valence-electron chi connectivity index (χ4n) is 1.89. The predicted octanol–water partition coefficient (Wildman–Crippen LogP) is 2.38. The van der Waals surface area contributed by atoms with Crippen molar-refractivity contribution in [1.82, 2.24) is 4.98 Å². The van der Waals surface area contributed by atoms with Crippen LogP contribution in [0.15, 0.2) is 12.1 Å². The highest BCUT2D eigenvalue weighted by atomic mass is 127. The van der Waals surface area contributed by atoms with Gasteiger partial charge in [-0.25, -0.2) is 4.98 Å². The van der Waals surface area contributed by atoms with Crippen molar-refractivity contribution in [3.63, 3.8) is 0 Å². The number of nitrogens with zero attached hydrogens (tertiary/aromatic N) is 2. The van der Waals surface area contributed by atoms with Crippen LogP contribution in [-0.2, 0) is 9.59 Å². The summed E-state index contributed by atoms with van der Waals surface area (Å²) >= 11 is 3.46. The van der Waals surface area contributed by atoms with Crippen LogP contribution < -0.4 is 4.90 Å². The fraction of sp³-hybridized carbons (Fsp3) is 0.417. The van der Waals surface area contributed by atoms with E-state index in [0.29, 0.717) is 18.8 Å². The maximum atomic E-state index is 11.9. The average Bonchev–Trinajstić information content (AvgIpc) is 2.62. The zero-order valence-electron chi connectivity index (χ0n) is 10.1. The predicted molar refractivity (Wildman–Crippen MR) is 80.7 cm³/mol. The first kappa shape index (κ1) is 13.8. The molecule has 0 N–H and O–H groups in total. The highest BCUT2D eigenvalue weighted by Crippen LogP contribution is 2.28. The molecule has 1 aromatic rings. The Morgan fingerprint density at radius 2 is 2.28 bits per heavy atom. The lowest BCUT2D eigenvalue weighted by Crippen LogP contribution is -2.26. The van der Waals surface area contributed by atoms with Crippen molar-refractivity contribution in [2.75, 3.05) is 11.4 Å². The Hall–Kier alpha value is -0.630. The van der Waals surface area contributed by atoms with Crippen LogP contribution in [0.4, 0.5) is 5.82 Å². The lowest BCUT2D eigenvalue weighted by Gasteiger charge is -2.16. The van der Waals surface area contributed by atoms with E-state index >= 15 is 0 Å². The van der Waals surface area contributed by atoms with Crippen molar-refractivity contribution in [3.8, 4) is 0 Å². The van der Waals surface area contributed by atoms with E-state index in [4.69, 9.17) is 0 Å². The number of halogens is 1. The van der Waals surface area contributed by atoms with E-state index in [9.17, 15) is 9.59 Å². The third-order valence-corrected chi connectivity index (χ3v) is 4.83. The van der Waals surface area contributed by atoms with Crippen LogP contribution in [0.5, 0.6) is 0 Å². The van der Waals surface area contributed by atoms with Gasteiger partial charge in [-0.1, -0.05) is 11.8 Å². The molecule has 0 saturated carbocycles. The van der Waals surface area contributed by atoms with Crippen LogP contribution in [0.25, 0.3) is 0 Å². The topological polar surface area (TPSA) is 50.3 Å². The number of hydrogen-bond acceptors (Lipinski definition) is 4. The fourth-order valence-corrected chi connectivity index (χ4v) is 3.11. The number of rotatable bonds is 2. The number of hydrogen-bond donors (Lipinski definition) is 0. The molecule has 1 unspecified atom stereocenters. The van der Waals surface area contributed by atoms with E-state index in [1.165, 1.54) is 18.7 Å². The zero-order valence-corrected chi connectivity index (χ0v) is 13.1. The molecule has 1 aliphatic heterocycles. The number of aryl methyl sites for hydroxylation is 1. The number of amides is 1. The number of pyridine rings is 1. The summed E-state index contributed by atoms with van der Waals surface area (Å²) in [6, 6.07) is 3.81. The minimum absolute atomic E-state index is 0.0434. The normalized spacial score (nSPS) is 19.4. The second-order valence-electron chi connectivity index (χ2n) is 4.18. The smallest absolute Gasteiger partial charge is 0.229 e. The minimum Gasteiger partial charge on any atom is -0.296 e. The number of anilines is 1. The Labute approximate surface area is 124 Å². The van der Waals surface area contributed by atoms with Crippen molar-refractivity contribution in [1.29, 1.82) is 0 Å². The van der Waals surface area contributed by atoms with E-state index in [1.807, 2.05) is 19.1 Å². The Morgan fingerprint density at radius 3 is 2.89 bits per heavy atom. The quantitative estimate of drug-likeness (QED) is 0.744. The third-order valence-electron chi connectivity index (χ3n) is 2.71. The van der Waals surface area contributed by atoms with Gasteiger partial charge in [0.2, 0.25) is 5.91 Å². The summed E-state index contributed by atoms with van der Waals surface area (Å²) in [5.74, 6) is 0.728. The van der Waals surface area contributed by atoms with Crippen molar-refractivity contribution in [2.24, 2.45) is 0 Å². The van der Waals surface area contributed by atoms with Gasteiger partial charge in [-0.05, 0) is 41.6 Å². The standard InChI is InChI=1S/C12H13IN2O2S/c1-7-10(13)3-4-11(14-7)15-6-9(5-12(15)17)18-8(2)16/h3-4,9H,5-6H2,1-2H3. The molecule has 0 spiro atoms. The first-order valence-corrected chi connectivity index (χ1v) is 7.54. The summed E-state index contributed by atoms with van der Waals surface area (Å²) in [4.78, 5) is 29.1. The molecule has 0 aromatic carbocycles. The molecule has 1 atom stereocenters. The molecule has 4 nitrogen and oxygen atoms in total. The zero-order chi connectivity index (χ0) is 13.3. The van der Waals surface area contributed by atoms with Crippen molar-refractivity contribution in [3.05, 3.63) is 21.4 Å². The average molecular weight is 376 g/mol. The molecule has 2 heterocycles. The Bertz CT molecular complexity index is 507. The Kier molecular flexibility index (Phi) is 4.26. The van der Waals surface area contributed by atoms with E-state index in [-0.39, 0.29) is 16.3 Å². The molecule has 0 aliphatic carbocycles. The SMILES string of the molecule is CC(=O)SC1CC(=O)N(c2ccc(I)c(C)n2)C1. The summed E-state index contributed by atoms with van der Waals surface area (Å²) in [5, 5.41) is 0.109. The first-order chi connectivity index (χ1) is 8.47. The molecule has 1 saturated heterocycles. The molecule has 1 aromatic heterocycles. The summed E-state index contributed by atoms with van der Waals surface area (Å²) < 4.78 is 1.08. The van der Waals surface area contributed by atoms with Crippen molar-refractivity contribution >= 4 is 51.2 Å². The van der Waals surface area contributed by atoms with Gasteiger partial charge in [0.1, 0.15) is 5.82 Å². The molecule has 18 heavy (non-hydrogen) atoms. The van der Waals surface area contributed by atoms with E-state index in [0.717, 1.165) is 9.26 Å². The lowest BCUT2D eigenvalue weighted by molar-refractivity contribution is -0.117. The van der Waals surface area contributed by atoms with Crippen LogP contribution in [0.3, 0.4) is 0 Å². The monoisotopic (exact) mass is 376 g/mol. The number of thioether (sulfide) groups is 1. The molecule has 96 valence electrons. The summed E-state index contributed by atoms with van der Waals surface area (Å²) in [7, 11) is 0. The molecule has 1 fully saturated rings. The second-order valence-corrected chi connectivity index (χ2v) is 6.82. The Balaban J connectivity index is 2.16. The van der Waals surface area contributed by atoms with Gasteiger partial charge in [-0.2, -0.15) is 0 Å². The molecule has 6 heteroatoms. The molecule has 1 aliphatic rings. The minimum atomic E-state index is 0.0434. The van der Waals surface area contributed by atoms with Gasteiger partial charge in [0.05, 0.1) is 5.69 Å². The van der Waals surface area contributed by atoms with Gasteiger partial charge >= 0.3 is 0 Å². The number of aromatic nitrogens is 1. The van der Waals surface area contributed by atoms with Gasteiger partial charge in [-0.3, -0.25) is 14.5 Å². The molecule has 1 amide bonds. The van der Waals surface area contributed by atoms with Crippen LogP contribution in [-0.4, -0.2) is 27.8 Å².